The number of esters is 1. The zero-order valence-corrected chi connectivity index (χ0v) is 20.3. The number of hydrogen-bond acceptors (Lipinski definition) is 6. The third kappa shape index (κ3) is 3.56. The van der Waals surface area contributed by atoms with Crippen LogP contribution in [0.1, 0.15) is 18.1 Å². The minimum absolute atomic E-state index is 0.0910. The van der Waals surface area contributed by atoms with Crippen molar-refractivity contribution in [3.63, 3.8) is 0 Å². The van der Waals surface area contributed by atoms with Crippen molar-refractivity contribution >= 4 is 34.7 Å². The third-order valence-corrected chi connectivity index (χ3v) is 7.48. The average molecular weight is 507 g/mol. The first-order valence-corrected chi connectivity index (χ1v) is 12.2. The van der Waals surface area contributed by atoms with Crippen molar-refractivity contribution in [1.82, 2.24) is 0 Å². The fraction of sp³-hybridized carbons (Fsp3) is 0.167. The van der Waals surface area contributed by atoms with Gasteiger partial charge >= 0.3 is 11.7 Å². The van der Waals surface area contributed by atoms with Crippen molar-refractivity contribution < 1.29 is 24.0 Å². The Labute approximate surface area is 218 Å². The third-order valence-electron chi connectivity index (χ3n) is 7.48. The number of allylic oxidation sites excluding steroid dienone is 3. The first-order valence-electron chi connectivity index (χ1n) is 12.2. The zero-order chi connectivity index (χ0) is 26.6. The molecule has 0 unspecified atom stereocenters. The van der Waals surface area contributed by atoms with Gasteiger partial charge in [-0.25, -0.2) is 4.90 Å². The summed E-state index contributed by atoms with van der Waals surface area (Å²) in [4.78, 5) is 50.9. The number of imide groups is 1. The van der Waals surface area contributed by atoms with Crippen LogP contribution in [0.3, 0.4) is 0 Å². The molecule has 8 nitrogen and oxygen atoms in total. The van der Waals surface area contributed by atoms with Crippen LogP contribution in [-0.2, 0) is 14.4 Å². The number of benzene rings is 3. The van der Waals surface area contributed by atoms with Gasteiger partial charge in [-0.1, -0.05) is 72.8 Å². The maximum atomic E-state index is 13.8. The Morgan fingerprint density at radius 1 is 0.842 bits per heavy atom. The minimum Gasteiger partial charge on any atom is -0.419 e. The molecular weight excluding hydrogens is 484 g/mol. The number of fused-ring (bicyclic) bond motifs is 5. The summed E-state index contributed by atoms with van der Waals surface area (Å²) in [5.41, 5.74) is 3.70. The lowest BCUT2D eigenvalue weighted by atomic mass is 9.85. The molecule has 1 saturated heterocycles. The van der Waals surface area contributed by atoms with Gasteiger partial charge < -0.3 is 4.74 Å². The summed E-state index contributed by atoms with van der Waals surface area (Å²) in [6.07, 6.45) is 4.02. The van der Waals surface area contributed by atoms with E-state index in [-0.39, 0.29) is 35.1 Å². The number of nitrogens with zero attached hydrogens (tertiary/aromatic N) is 2. The maximum absolute atomic E-state index is 13.8. The van der Waals surface area contributed by atoms with E-state index in [4.69, 9.17) is 4.74 Å². The van der Waals surface area contributed by atoms with Crippen molar-refractivity contribution in [3.8, 4) is 5.75 Å². The molecule has 8 heteroatoms. The number of hydrogen-bond donors (Lipinski definition) is 0. The van der Waals surface area contributed by atoms with Gasteiger partial charge in [-0.15, -0.1) is 0 Å². The summed E-state index contributed by atoms with van der Waals surface area (Å²) in [6.45, 7) is 1.14. The number of amides is 2. The predicted molar refractivity (Wildman–Crippen MR) is 139 cm³/mol. The molecule has 1 saturated carbocycles. The molecule has 0 N–H and O–H groups in total. The monoisotopic (exact) mass is 506 g/mol. The van der Waals surface area contributed by atoms with Gasteiger partial charge in [0.05, 0.1) is 22.4 Å². The molecule has 0 radical (unpaired) electrons. The molecule has 2 amide bonds. The summed E-state index contributed by atoms with van der Waals surface area (Å²) < 4.78 is 4.94. The first-order chi connectivity index (χ1) is 18.4. The molecule has 1 heterocycles. The molecule has 3 aliphatic rings. The van der Waals surface area contributed by atoms with Crippen LogP contribution in [-0.4, -0.2) is 22.7 Å². The van der Waals surface area contributed by atoms with E-state index in [1.54, 1.807) is 0 Å². The van der Waals surface area contributed by atoms with Crippen LogP contribution in [0.15, 0.2) is 96.6 Å². The lowest BCUT2D eigenvalue weighted by Gasteiger charge is -2.21. The summed E-state index contributed by atoms with van der Waals surface area (Å²) >= 11 is 0. The lowest BCUT2D eigenvalue weighted by Crippen LogP contribution is -2.33. The Hall–Kier alpha value is -4.85. The summed E-state index contributed by atoms with van der Waals surface area (Å²) in [5.74, 6) is -3.45. The maximum Gasteiger partial charge on any atom is 0.313 e. The number of carbonyl (C=O) groups is 3. The van der Waals surface area contributed by atoms with Crippen molar-refractivity contribution in [2.45, 2.75) is 6.92 Å². The second kappa shape index (κ2) is 8.92. The molecule has 0 spiro atoms. The van der Waals surface area contributed by atoms with Crippen LogP contribution in [0.25, 0.3) is 5.57 Å². The molecule has 2 fully saturated rings. The first kappa shape index (κ1) is 23.5. The fourth-order valence-corrected chi connectivity index (χ4v) is 6.09. The number of ether oxygens (including phenoxy) is 1. The van der Waals surface area contributed by atoms with Gasteiger partial charge in [-0.2, -0.15) is 0 Å². The molecular formula is C30H22N2O6. The van der Waals surface area contributed by atoms with Crippen molar-refractivity contribution in [2.75, 3.05) is 4.90 Å². The predicted octanol–water partition coefficient (Wildman–Crippen LogP) is 4.94. The van der Waals surface area contributed by atoms with Gasteiger partial charge in [0.25, 0.3) is 0 Å². The van der Waals surface area contributed by atoms with Crippen molar-refractivity contribution in [1.29, 1.82) is 0 Å². The van der Waals surface area contributed by atoms with Crippen LogP contribution < -0.4 is 9.64 Å². The molecule has 38 heavy (non-hydrogen) atoms. The average Bonchev–Trinajstić information content (AvgIpc) is 3.54. The van der Waals surface area contributed by atoms with E-state index in [0.717, 1.165) is 40.2 Å². The van der Waals surface area contributed by atoms with Crippen LogP contribution in [0, 0.1) is 33.8 Å². The van der Waals surface area contributed by atoms with Gasteiger partial charge in [0.2, 0.25) is 17.6 Å². The largest absolute Gasteiger partial charge is 0.419 e. The van der Waals surface area contributed by atoms with E-state index in [2.05, 4.69) is 0 Å². The normalized spacial score (nSPS) is 23.1. The highest BCUT2D eigenvalue weighted by molar-refractivity contribution is 6.23. The zero-order valence-electron chi connectivity index (χ0n) is 20.3. The smallest absolute Gasteiger partial charge is 0.313 e. The van der Waals surface area contributed by atoms with Gasteiger partial charge in [0.15, 0.2) is 0 Å². The van der Waals surface area contributed by atoms with E-state index in [1.807, 2.05) is 72.8 Å². The molecule has 4 atom stereocenters. The molecule has 2 bridgehead atoms. The fourth-order valence-electron chi connectivity index (χ4n) is 6.09. The standard InChI is InChI=1S/C30H22N2O6/c1-17(33)38-24-15-12-20(16-23(24)32(36)37)31-29(34)27-21-13-14-22(28(27)30(31)35)26(21)25(18-8-4-2-5-9-18)19-10-6-3-7-11-19/h2-16,21-22,27-28H,1H3/t21-,22-,27-,28-/m0/s1. The van der Waals surface area contributed by atoms with Crippen LogP contribution >= 0.6 is 0 Å². The van der Waals surface area contributed by atoms with E-state index < -0.39 is 28.4 Å². The summed E-state index contributed by atoms with van der Waals surface area (Å²) in [7, 11) is 0. The van der Waals surface area contributed by atoms with Crippen molar-refractivity contribution in [3.05, 3.63) is 118 Å². The number of anilines is 1. The van der Waals surface area contributed by atoms with E-state index >= 15 is 0 Å². The summed E-state index contributed by atoms with van der Waals surface area (Å²) in [6, 6.07) is 23.6. The Kier molecular flexibility index (Phi) is 5.52. The van der Waals surface area contributed by atoms with E-state index in [9.17, 15) is 24.5 Å². The lowest BCUT2D eigenvalue weighted by molar-refractivity contribution is -0.385. The van der Waals surface area contributed by atoms with Gasteiger partial charge in [-0.05, 0) is 34.4 Å². The van der Waals surface area contributed by atoms with E-state index in [1.165, 1.54) is 12.1 Å². The van der Waals surface area contributed by atoms with Crippen LogP contribution in [0.4, 0.5) is 11.4 Å². The minimum atomic E-state index is -0.710. The highest BCUT2D eigenvalue weighted by Gasteiger charge is 2.62. The highest BCUT2D eigenvalue weighted by Crippen LogP contribution is 2.59. The van der Waals surface area contributed by atoms with E-state index in [0.29, 0.717) is 0 Å². The SMILES string of the molecule is CC(=O)Oc1ccc(N2C(=O)[C@@H]3[C@@H](C2=O)[C@H]2C=C[C@H]3C2=C(c2ccccc2)c2ccccc2)cc1[N+](=O)[O-]. The molecule has 6 rings (SSSR count). The highest BCUT2D eigenvalue weighted by atomic mass is 16.6. The quantitative estimate of drug-likeness (QED) is 0.121. The van der Waals surface area contributed by atoms with Gasteiger partial charge in [0, 0.05) is 24.8 Å². The second-order valence-electron chi connectivity index (χ2n) is 9.57. The molecule has 188 valence electrons. The molecule has 2 aliphatic carbocycles. The molecule has 3 aromatic carbocycles. The second-order valence-corrected chi connectivity index (χ2v) is 9.57. The van der Waals surface area contributed by atoms with Gasteiger partial charge in [0.1, 0.15) is 0 Å². The van der Waals surface area contributed by atoms with Crippen molar-refractivity contribution in [2.24, 2.45) is 23.7 Å². The topological polar surface area (TPSA) is 107 Å². The Morgan fingerprint density at radius 3 is 1.84 bits per heavy atom. The van der Waals surface area contributed by atoms with Gasteiger partial charge in [-0.3, -0.25) is 24.5 Å². The number of carbonyl (C=O) groups excluding carboxylic acids is 3. The molecule has 3 aromatic rings. The Morgan fingerprint density at radius 2 is 1.37 bits per heavy atom. The molecule has 0 aromatic heterocycles. The number of nitro groups is 1. The Balaban J connectivity index is 1.43. The number of nitro benzene ring substituents is 1. The molecule has 1 aliphatic heterocycles. The van der Waals surface area contributed by atoms with Crippen LogP contribution in [0.2, 0.25) is 0 Å². The number of rotatable bonds is 5. The Bertz CT molecular complexity index is 1480. The van der Waals surface area contributed by atoms with Crippen LogP contribution in [0.5, 0.6) is 5.75 Å². The summed E-state index contributed by atoms with van der Waals surface area (Å²) in [5, 5.41) is 11.6.